The lowest BCUT2D eigenvalue weighted by molar-refractivity contribution is -0.116. The third-order valence-electron chi connectivity index (χ3n) is 13.5. The Labute approximate surface area is 554 Å². The number of sulfone groups is 3. The molecular formula is C67H67Cl2N7O15S3. The van der Waals surface area contributed by atoms with Crippen molar-refractivity contribution in [1.29, 1.82) is 5.26 Å². The third kappa shape index (κ3) is 20.7. The summed E-state index contributed by atoms with van der Waals surface area (Å²) in [4.78, 5) is 71.8. The zero-order valence-electron chi connectivity index (χ0n) is 51.7. The Balaban J connectivity index is 0.000000241. The predicted octanol–water partition coefficient (Wildman–Crippen LogP) is 12.2. The van der Waals surface area contributed by atoms with E-state index in [1.807, 2.05) is 19.1 Å². The van der Waals surface area contributed by atoms with Crippen molar-refractivity contribution in [1.82, 2.24) is 0 Å². The molecule has 0 radical (unpaired) electrons. The van der Waals surface area contributed by atoms with Gasteiger partial charge in [-0.1, -0.05) is 98.6 Å². The molecule has 2 atom stereocenters. The number of carbonyl (C=O) groups is 6. The topological polar surface area (TPSA) is 361 Å². The maximum Gasteiger partial charge on any atom is 0.255 e. The summed E-state index contributed by atoms with van der Waals surface area (Å²) in [7, 11) is -10.8. The number of aryl methyl sites for hydroxylation is 3. The highest BCUT2D eigenvalue weighted by molar-refractivity contribution is 7.93. The molecule has 8 aromatic carbocycles. The van der Waals surface area contributed by atoms with Crippen molar-refractivity contribution in [3.8, 4) is 23.3 Å². The van der Waals surface area contributed by atoms with E-state index < -0.39 is 57.7 Å². The van der Waals surface area contributed by atoms with Crippen LogP contribution in [0.5, 0.6) is 17.2 Å². The zero-order chi connectivity index (χ0) is 69.7. The van der Waals surface area contributed by atoms with E-state index in [1.54, 1.807) is 107 Å². The van der Waals surface area contributed by atoms with Gasteiger partial charge in [0.05, 0.1) is 58.8 Å². The van der Waals surface area contributed by atoms with E-state index in [1.165, 1.54) is 97.9 Å². The molecule has 0 heterocycles. The predicted molar refractivity (Wildman–Crippen MR) is 363 cm³/mol. The van der Waals surface area contributed by atoms with Crippen LogP contribution in [0.15, 0.2) is 185 Å². The quantitative estimate of drug-likeness (QED) is 0.0268. The lowest BCUT2D eigenvalue weighted by Crippen LogP contribution is -2.34. The number of halogens is 2. The highest BCUT2D eigenvalue weighted by atomic mass is 35.5. The molecule has 94 heavy (non-hydrogen) atoms. The number of nitriles is 1. The standard InChI is InChI=1S/C25H22ClN3O5S.C19H22N2O5S.C14H11ClN2O3.C9H12O2S/c1-3-23(35(33,34)19-6-4-5-15(2)11-19)25(32)28-18-9-10-21(22(30)13-18)29-24(31)16-7-8-17(14-27)20(26)12-16;1-4-18(27(25,26)15-7-5-6-12(2)10-15)19(24)21-14-8-9-16(17(23)11-14)20-13(3)22;15-10-6-12(13(19)7-11(10)16-8-18)17-14(20)9-4-2-1-3-5-9;1-3-12(10,11)9-6-4-5-8(2)7-9/h4-13,23,30H,3H2,1-2H3,(H,28,32)(H,29,31);5-11,18,23H,4H2,1-3H3,(H,20,22)(H,21,24);1-8,19H,(H,16,18)(H,17,20);4-7H,3H2,1-2H3. The Morgan fingerprint density at radius 1 is 0.489 bits per heavy atom. The number of benzene rings is 8. The highest BCUT2D eigenvalue weighted by Crippen LogP contribution is 2.35. The molecular weight excluding hydrogens is 1310 g/mol. The number of hydrogen-bond donors (Lipinski definition) is 9. The summed E-state index contributed by atoms with van der Waals surface area (Å²) in [6.45, 7) is 11.6. The molecule has 0 spiro atoms. The molecule has 8 aromatic rings. The average molecular weight is 1380 g/mol. The molecule has 6 amide bonds. The van der Waals surface area contributed by atoms with E-state index in [2.05, 4.69) is 31.9 Å². The van der Waals surface area contributed by atoms with E-state index in [0.29, 0.717) is 16.9 Å². The Morgan fingerprint density at radius 2 is 0.936 bits per heavy atom. The average Bonchev–Trinajstić information content (AvgIpc) is 0.826. The van der Waals surface area contributed by atoms with Crippen molar-refractivity contribution in [2.75, 3.05) is 37.7 Å². The number of carbonyl (C=O) groups excluding carboxylic acids is 6. The van der Waals surface area contributed by atoms with Crippen molar-refractivity contribution in [2.45, 2.75) is 86.5 Å². The molecule has 0 saturated heterocycles. The number of phenols is 3. The smallest absolute Gasteiger partial charge is 0.255 e. The molecule has 0 bridgehead atoms. The minimum Gasteiger partial charge on any atom is -0.506 e. The normalized spacial score (nSPS) is 11.5. The molecule has 8 rings (SSSR count). The van der Waals surface area contributed by atoms with E-state index in [9.17, 15) is 69.3 Å². The van der Waals surface area contributed by atoms with Gasteiger partial charge in [0.15, 0.2) is 29.5 Å². The van der Waals surface area contributed by atoms with Crippen LogP contribution in [0.2, 0.25) is 10.0 Å². The van der Waals surface area contributed by atoms with Crippen LogP contribution in [0.3, 0.4) is 0 Å². The van der Waals surface area contributed by atoms with Gasteiger partial charge in [-0.3, -0.25) is 28.8 Å². The number of aromatic hydroxyl groups is 3. The fourth-order valence-electron chi connectivity index (χ4n) is 8.61. The van der Waals surface area contributed by atoms with E-state index in [4.69, 9.17) is 28.5 Å². The summed E-state index contributed by atoms with van der Waals surface area (Å²) in [6, 6.07) is 45.1. The first-order valence-electron chi connectivity index (χ1n) is 28.4. The molecule has 0 aliphatic heterocycles. The van der Waals surface area contributed by atoms with E-state index in [-0.39, 0.29) is 113 Å². The van der Waals surface area contributed by atoms with Crippen LogP contribution in [0.4, 0.5) is 34.1 Å². The largest absolute Gasteiger partial charge is 0.506 e. The second-order valence-corrected chi connectivity index (χ2v) is 27.9. The summed E-state index contributed by atoms with van der Waals surface area (Å²) in [5, 5.41) is 51.6. The molecule has 22 nitrogen and oxygen atoms in total. The van der Waals surface area contributed by atoms with Gasteiger partial charge >= 0.3 is 0 Å². The zero-order valence-corrected chi connectivity index (χ0v) is 55.6. The van der Waals surface area contributed by atoms with Crippen LogP contribution in [-0.2, 0) is 48.7 Å². The number of rotatable bonds is 19. The first-order valence-corrected chi connectivity index (χ1v) is 33.9. The van der Waals surface area contributed by atoms with E-state index >= 15 is 0 Å². The maximum atomic E-state index is 13.0. The SMILES string of the molecule is CCC(C(=O)Nc1ccc(NC(=O)c2ccc(C#N)c(Cl)c2)c(O)c1)S(=O)(=O)c1cccc(C)c1.CCC(C(=O)Nc1ccc(NC(C)=O)c(O)c1)S(=O)(=O)c1cccc(C)c1.CCS(=O)(=O)c1cccc(C)c1.O=CNc1cc(O)c(NC(=O)c2ccccc2)cc1Cl. The molecule has 0 aliphatic rings. The van der Waals surface area contributed by atoms with Gasteiger partial charge in [-0.05, 0) is 147 Å². The number of amides is 6. The van der Waals surface area contributed by atoms with E-state index in [0.717, 1.165) is 16.7 Å². The first-order chi connectivity index (χ1) is 44.4. The Hall–Kier alpha value is -10.1. The molecule has 0 aromatic heterocycles. The van der Waals surface area contributed by atoms with Crippen LogP contribution >= 0.6 is 23.2 Å². The maximum absolute atomic E-state index is 13.0. The number of nitrogens with zero attached hydrogens (tertiary/aromatic N) is 1. The summed E-state index contributed by atoms with van der Waals surface area (Å²) >= 11 is 11.9. The lowest BCUT2D eigenvalue weighted by atomic mass is 10.1. The fourth-order valence-corrected chi connectivity index (χ4v) is 13.5. The molecule has 27 heteroatoms. The molecule has 492 valence electrons. The van der Waals surface area contributed by atoms with Gasteiger partial charge in [0.2, 0.25) is 24.1 Å². The summed E-state index contributed by atoms with van der Waals surface area (Å²) in [5.41, 5.74) is 4.44. The second-order valence-electron chi connectivity index (χ2n) is 20.6. The van der Waals surface area contributed by atoms with Crippen molar-refractivity contribution in [3.05, 3.63) is 213 Å². The van der Waals surface area contributed by atoms with Crippen LogP contribution < -0.4 is 31.9 Å². The first kappa shape index (κ1) is 74.6. The van der Waals surface area contributed by atoms with Crippen molar-refractivity contribution < 1.29 is 69.3 Å². The summed E-state index contributed by atoms with van der Waals surface area (Å²) in [6.07, 6.45) is 0.594. The van der Waals surface area contributed by atoms with Gasteiger partial charge < -0.3 is 47.2 Å². The molecule has 0 fully saturated rings. The summed E-state index contributed by atoms with van der Waals surface area (Å²) in [5.74, 6) is -3.32. The molecule has 0 aliphatic carbocycles. The minimum atomic E-state index is -3.93. The van der Waals surface area contributed by atoms with Gasteiger partial charge in [-0.15, -0.1) is 0 Å². The lowest BCUT2D eigenvalue weighted by Gasteiger charge is -2.17. The van der Waals surface area contributed by atoms with Gasteiger partial charge in [0.1, 0.15) is 33.8 Å². The Kier molecular flexibility index (Phi) is 27.0. The van der Waals surface area contributed by atoms with Gasteiger partial charge in [0, 0.05) is 47.6 Å². The third-order valence-corrected chi connectivity index (χ3v) is 20.2. The molecule has 9 N–H and O–H groups in total. The second kappa shape index (κ2) is 34.0. The summed E-state index contributed by atoms with van der Waals surface area (Å²) < 4.78 is 74.4. The van der Waals surface area contributed by atoms with Gasteiger partial charge in [-0.2, -0.15) is 5.26 Å². The van der Waals surface area contributed by atoms with Crippen LogP contribution in [0.1, 0.15) is 83.5 Å². The minimum absolute atomic E-state index is 0.0510. The van der Waals surface area contributed by atoms with Gasteiger partial charge in [-0.25, -0.2) is 25.3 Å². The van der Waals surface area contributed by atoms with Crippen molar-refractivity contribution in [3.63, 3.8) is 0 Å². The monoisotopic (exact) mass is 1380 g/mol. The van der Waals surface area contributed by atoms with Crippen molar-refractivity contribution >= 4 is 123 Å². The number of phenolic OH excluding ortho intramolecular Hbond substituents is 3. The van der Waals surface area contributed by atoms with Gasteiger partial charge in [0.25, 0.3) is 11.8 Å². The fraction of sp³-hybridized carbons (Fsp3) is 0.179. The highest BCUT2D eigenvalue weighted by Gasteiger charge is 2.34. The molecule has 2 unspecified atom stereocenters. The van der Waals surface area contributed by atoms with Crippen LogP contribution in [0, 0.1) is 32.1 Å². The Morgan fingerprint density at radius 3 is 1.36 bits per heavy atom. The number of nitrogens with one attached hydrogen (secondary N) is 6. The van der Waals surface area contributed by atoms with Crippen molar-refractivity contribution in [2.24, 2.45) is 0 Å². The number of anilines is 6. The van der Waals surface area contributed by atoms with Crippen LogP contribution in [-0.4, -0.2) is 92.8 Å². The number of hydrogen-bond acceptors (Lipinski definition) is 16. The van der Waals surface area contributed by atoms with Crippen LogP contribution in [0.25, 0.3) is 0 Å². The Bertz CT molecular complexity index is 4510. The molecule has 0 saturated carbocycles.